The second kappa shape index (κ2) is 5.42. The summed E-state index contributed by atoms with van der Waals surface area (Å²) in [5, 5.41) is 0.352. The summed E-state index contributed by atoms with van der Waals surface area (Å²) < 4.78 is 46.9. The minimum Gasteiger partial charge on any atom is -0.362 e. The number of para-hydroxylation sites is 1. The normalized spacial score (nSPS) is 16.1. The summed E-state index contributed by atoms with van der Waals surface area (Å²) in [5.41, 5.74) is -0.00129. The SMILES string of the molecule is [2H]C([2H])([2H])N(c1nc(=O)n(-c2ccccc2Cl)c2nc(C)ccc12)C([2H])([2H])[2H]. The number of fused-ring (bicyclic) bond motifs is 1. The highest BCUT2D eigenvalue weighted by molar-refractivity contribution is 6.32. The molecule has 0 radical (unpaired) electrons. The van der Waals surface area contributed by atoms with Crippen LogP contribution in [0, 0.1) is 6.92 Å². The van der Waals surface area contributed by atoms with Crippen LogP contribution in [0.5, 0.6) is 0 Å². The van der Waals surface area contributed by atoms with E-state index in [1.807, 2.05) is 0 Å². The summed E-state index contributed by atoms with van der Waals surface area (Å²) in [6.45, 7) is -4.43. The molecule has 3 rings (SSSR count). The Labute approximate surface area is 141 Å². The molecule has 0 bridgehead atoms. The second-order valence-corrected chi connectivity index (χ2v) is 5.07. The topological polar surface area (TPSA) is 51.0 Å². The molecule has 0 atom stereocenters. The Balaban J connectivity index is 2.46. The number of anilines is 1. The molecule has 1 aromatic carbocycles. The number of rotatable bonds is 2. The van der Waals surface area contributed by atoms with Crippen molar-refractivity contribution in [2.75, 3.05) is 18.9 Å². The minimum atomic E-state index is -3.06. The van der Waals surface area contributed by atoms with Gasteiger partial charge in [-0.2, -0.15) is 4.98 Å². The van der Waals surface area contributed by atoms with Gasteiger partial charge in [-0.15, -0.1) is 0 Å². The number of nitrogens with zero attached hydrogens (tertiary/aromatic N) is 4. The van der Waals surface area contributed by atoms with Crippen molar-refractivity contribution in [3.05, 3.63) is 57.6 Å². The number of pyridine rings is 1. The Bertz CT molecular complexity index is 1090. The number of benzene rings is 1. The van der Waals surface area contributed by atoms with E-state index in [1.165, 1.54) is 6.07 Å². The van der Waals surface area contributed by atoms with Crippen LogP contribution in [0.1, 0.15) is 13.9 Å². The van der Waals surface area contributed by atoms with Crippen molar-refractivity contribution in [2.45, 2.75) is 6.92 Å². The van der Waals surface area contributed by atoms with Crippen molar-refractivity contribution in [1.82, 2.24) is 14.5 Å². The van der Waals surface area contributed by atoms with Crippen molar-refractivity contribution in [2.24, 2.45) is 0 Å². The van der Waals surface area contributed by atoms with E-state index < -0.39 is 25.5 Å². The number of aromatic nitrogens is 3. The first-order valence-corrected chi connectivity index (χ1v) is 6.75. The van der Waals surface area contributed by atoms with Crippen LogP contribution in [0.25, 0.3) is 16.7 Å². The molecule has 0 aliphatic rings. The Kier molecular flexibility index (Phi) is 2.19. The van der Waals surface area contributed by atoms with Gasteiger partial charge in [-0.25, -0.2) is 14.3 Å². The van der Waals surface area contributed by atoms with Crippen LogP contribution >= 0.6 is 11.6 Å². The molecule has 5 nitrogen and oxygen atoms in total. The Morgan fingerprint density at radius 1 is 1.18 bits per heavy atom. The number of hydrogen-bond donors (Lipinski definition) is 0. The van der Waals surface area contributed by atoms with Crippen LogP contribution in [0.4, 0.5) is 5.82 Å². The summed E-state index contributed by atoms with van der Waals surface area (Å²) in [5.74, 6) is -0.490. The molecule has 112 valence electrons. The van der Waals surface area contributed by atoms with Gasteiger partial charge in [-0.05, 0) is 31.2 Å². The number of halogens is 1. The van der Waals surface area contributed by atoms with Crippen LogP contribution in [-0.2, 0) is 0 Å². The molecule has 2 heterocycles. The lowest BCUT2D eigenvalue weighted by Crippen LogP contribution is -2.26. The minimum absolute atomic E-state index is 0.0570. The van der Waals surface area contributed by atoms with Gasteiger partial charge in [0.25, 0.3) is 0 Å². The van der Waals surface area contributed by atoms with Crippen molar-refractivity contribution in [1.29, 1.82) is 0 Å². The van der Waals surface area contributed by atoms with Crippen molar-refractivity contribution in [3.8, 4) is 5.69 Å². The summed E-state index contributed by atoms with van der Waals surface area (Å²) in [7, 11) is 0. The Morgan fingerprint density at radius 3 is 2.68 bits per heavy atom. The van der Waals surface area contributed by atoms with Crippen LogP contribution in [0.2, 0.25) is 5.02 Å². The van der Waals surface area contributed by atoms with E-state index in [1.54, 1.807) is 37.3 Å². The zero-order valence-corrected chi connectivity index (χ0v) is 12.3. The fourth-order valence-corrected chi connectivity index (χ4v) is 2.42. The van der Waals surface area contributed by atoms with Gasteiger partial charge in [0.15, 0.2) is 5.65 Å². The first-order chi connectivity index (χ1) is 12.9. The van der Waals surface area contributed by atoms with Crippen molar-refractivity contribution >= 4 is 28.5 Å². The molecule has 0 aliphatic carbocycles. The Hall–Kier alpha value is -2.40. The second-order valence-electron chi connectivity index (χ2n) is 4.66. The lowest BCUT2D eigenvalue weighted by molar-refractivity contribution is 0.918. The van der Waals surface area contributed by atoms with Crippen LogP contribution in [0.15, 0.2) is 41.2 Å². The summed E-state index contributed by atoms with van der Waals surface area (Å²) in [6.07, 6.45) is 0. The highest BCUT2D eigenvalue weighted by atomic mass is 35.5. The maximum atomic E-state index is 12.8. The van der Waals surface area contributed by atoms with Gasteiger partial charge in [-0.1, -0.05) is 23.7 Å². The van der Waals surface area contributed by atoms with Crippen LogP contribution in [0.3, 0.4) is 0 Å². The molecule has 0 N–H and O–H groups in total. The lowest BCUT2D eigenvalue weighted by atomic mass is 10.2. The van der Waals surface area contributed by atoms with E-state index >= 15 is 0 Å². The predicted octanol–water partition coefficient (Wildman–Crippen LogP) is 2.81. The van der Waals surface area contributed by atoms with Gasteiger partial charge in [0, 0.05) is 27.9 Å². The molecule has 0 saturated carbocycles. The van der Waals surface area contributed by atoms with Gasteiger partial charge in [-0.3, -0.25) is 0 Å². The molecule has 6 heteroatoms. The largest absolute Gasteiger partial charge is 0.362 e. The summed E-state index contributed by atoms with van der Waals surface area (Å²) in [6, 6.07) is 9.57. The Morgan fingerprint density at radius 2 is 1.95 bits per heavy atom. The van der Waals surface area contributed by atoms with Crippen molar-refractivity contribution < 1.29 is 8.22 Å². The van der Waals surface area contributed by atoms with E-state index in [0.717, 1.165) is 4.57 Å². The molecule has 0 aliphatic heterocycles. The first-order valence-electron chi connectivity index (χ1n) is 9.37. The van der Waals surface area contributed by atoms with Crippen molar-refractivity contribution in [3.63, 3.8) is 0 Å². The van der Waals surface area contributed by atoms with Gasteiger partial charge < -0.3 is 4.90 Å². The molecule has 0 amide bonds. The fraction of sp³-hybridized carbons (Fsp3) is 0.188. The highest BCUT2D eigenvalue weighted by Gasteiger charge is 2.16. The van der Waals surface area contributed by atoms with Gasteiger partial charge in [0.1, 0.15) is 5.82 Å². The smallest absolute Gasteiger partial charge is 0.355 e. The van der Waals surface area contributed by atoms with E-state index in [9.17, 15) is 4.79 Å². The van der Waals surface area contributed by atoms with E-state index in [4.69, 9.17) is 19.8 Å². The van der Waals surface area contributed by atoms with Gasteiger partial charge in [0.05, 0.1) is 16.1 Å². The average Bonchev–Trinajstić information content (AvgIpc) is 2.53. The molecule has 0 spiro atoms. The quantitative estimate of drug-likeness (QED) is 0.728. The number of hydrogen-bond acceptors (Lipinski definition) is 4. The monoisotopic (exact) mass is 320 g/mol. The zero-order chi connectivity index (χ0) is 20.9. The molecule has 0 unspecified atom stereocenters. The zero-order valence-electron chi connectivity index (χ0n) is 17.5. The molecule has 22 heavy (non-hydrogen) atoms. The molecule has 2 aromatic heterocycles. The molecular weight excluding hydrogens is 300 g/mol. The highest BCUT2D eigenvalue weighted by Crippen LogP contribution is 2.25. The predicted molar refractivity (Wildman–Crippen MR) is 89.2 cm³/mol. The van der Waals surface area contributed by atoms with E-state index in [2.05, 4.69) is 9.97 Å². The van der Waals surface area contributed by atoms with Crippen LogP contribution < -0.4 is 10.6 Å². The maximum Gasteiger partial charge on any atom is 0.355 e. The first kappa shape index (κ1) is 8.90. The third kappa shape index (κ3) is 2.33. The third-order valence-corrected chi connectivity index (χ3v) is 3.48. The van der Waals surface area contributed by atoms with Gasteiger partial charge >= 0.3 is 5.69 Å². The fourth-order valence-electron chi connectivity index (χ4n) is 2.20. The summed E-state index contributed by atoms with van der Waals surface area (Å²) in [4.78, 5) is 21.1. The van der Waals surface area contributed by atoms with E-state index in [-0.39, 0.29) is 21.0 Å². The lowest BCUT2D eigenvalue weighted by Gasteiger charge is -2.17. The third-order valence-electron chi connectivity index (χ3n) is 3.17. The molecule has 0 saturated heterocycles. The molecule has 0 fully saturated rings. The number of aryl methyl sites for hydroxylation is 1. The maximum absolute atomic E-state index is 12.8. The van der Waals surface area contributed by atoms with E-state index in [0.29, 0.717) is 11.4 Å². The molecular formula is C16H15ClN4O. The molecule has 3 aromatic rings. The average molecular weight is 321 g/mol. The summed E-state index contributed by atoms with van der Waals surface area (Å²) >= 11 is 6.21. The standard InChI is InChI=1S/C16H15ClN4O/c1-10-8-9-11-14(20(2)3)19-16(22)21(15(11)18-10)13-7-5-4-6-12(13)17/h4-9H,1-3H3/i2D3,3D3. The van der Waals surface area contributed by atoms with Crippen LogP contribution in [-0.4, -0.2) is 28.5 Å². The van der Waals surface area contributed by atoms with Gasteiger partial charge in [0.2, 0.25) is 0 Å².